The summed E-state index contributed by atoms with van der Waals surface area (Å²) in [6, 6.07) is 6.66. The lowest BCUT2D eigenvalue weighted by Crippen LogP contribution is -2.37. The molecule has 7 nitrogen and oxygen atoms in total. The van der Waals surface area contributed by atoms with Crippen molar-refractivity contribution in [3.63, 3.8) is 0 Å². The third kappa shape index (κ3) is 4.99. The molecule has 5 rings (SSSR count). The number of hydrogen-bond acceptors (Lipinski definition) is 6. The number of ether oxygens (including phenoxy) is 1. The number of fused-ring (bicyclic) bond motifs is 1. The highest BCUT2D eigenvalue weighted by molar-refractivity contribution is 5.85. The van der Waals surface area contributed by atoms with Crippen LogP contribution in [-0.2, 0) is 10.7 Å². The van der Waals surface area contributed by atoms with Gasteiger partial charge in [-0.3, -0.25) is 0 Å². The molecule has 2 aliphatic rings. The Labute approximate surface area is 191 Å². The first kappa shape index (κ1) is 22.2. The molecule has 1 unspecified atom stereocenters. The second-order valence-corrected chi connectivity index (χ2v) is 9.19. The largest absolute Gasteiger partial charge is 0.367 e. The van der Waals surface area contributed by atoms with E-state index in [1.807, 2.05) is 17.8 Å². The summed E-state index contributed by atoms with van der Waals surface area (Å²) in [6.07, 6.45) is 9.02. The van der Waals surface area contributed by atoms with E-state index in [1.54, 1.807) is 12.1 Å². The molecule has 2 N–H and O–H groups in total. The second kappa shape index (κ2) is 9.30. The average Bonchev–Trinajstić information content (AvgIpc) is 3.46. The van der Waals surface area contributed by atoms with Crippen LogP contribution in [0.25, 0.3) is 11.0 Å². The van der Waals surface area contributed by atoms with E-state index in [9.17, 15) is 8.78 Å². The zero-order valence-electron chi connectivity index (χ0n) is 18.8. The number of halogens is 2. The van der Waals surface area contributed by atoms with Crippen LogP contribution in [0.2, 0.25) is 0 Å². The molecule has 3 atom stereocenters. The first-order chi connectivity index (χ1) is 16.0. The zero-order chi connectivity index (χ0) is 22.8. The average molecular weight is 457 g/mol. The summed E-state index contributed by atoms with van der Waals surface area (Å²) in [7, 11) is 0. The van der Waals surface area contributed by atoms with E-state index in [2.05, 4.69) is 25.7 Å². The number of benzene rings is 1. The fraction of sp³-hybridized carbons (Fsp3) is 0.542. The molecule has 1 saturated carbocycles. The van der Waals surface area contributed by atoms with E-state index in [0.29, 0.717) is 5.65 Å². The van der Waals surface area contributed by atoms with Crippen molar-refractivity contribution in [3.05, 3.63) is 47.9 Å². The molecule has 1 aromatic carbocycles. The van der Waals surface area contributed by atoms with Gasteiger partial charge in [0.2, 0.25) is 0 Å². The molecular weight excluding hydrogens is 426 g/mol. The van der Waals surface area contributed by atoms with Crippen LogP contribution >= 0.6 is 0 Å². The second-order valence-electron chi connectivity index (χ2n) is 9.19. The van der Waals surface area contributed by atoms with Crippen molar-refractivity contribution in [2.24, 2.45) is 0 Å². The summed E-state index contributed by atoms with van der Waals surface area (Å²) in [5, 5.41) is 12.0. The smallest absolute Gasteiger partial charge is 0.285 e. The fourth-order valence-corrected chi connectivity index (χ4v) is 4.71. The number of hydrogen-bond donors (Lipinski definition) is 2. The van der Waals surface area contributed by atoms with Gasteiger partial charge >= 0.3 is 0 Å². The molecule has 1 aliphatic heterocycles. The molecule has 0 radical (unpaired) electrons. The lowest BCUT2D eigenvalue weighted by Gasteiger charge is -2.22. The highest BCUT2D eigenvalue weighted by atomic mass is 19.3. The first-order valence-electron chi connectivity index (χ1n) is 11.7. The summed E-state index contributed by atoms with van der Waals surface area (Å²) in [4.78, 5) is 8.73. The van der Waals surface area contributed by atoms with Gasteiger partial charge in [0.25, 0.3) is 5.92 Å². The number of alkyl halides is 2. The summed E-state index contributed by atoms with van der Waals surface area (Å²) in [5.41, 5.74) is 1.66. The van der Waals surface area contributed by atoms with Crippen molar-refractivity contribution in [2.45, 2.75) is 69.7 Å². The van der Waals surface area contributed by atoms with E-state index in [4.69, 9.17) is 4.74 Å². The highest BCUT2D eigenvalue weighted by Crippen LogP contribution is 2.31. The number of anilines is 1. The molecule has 2 fully saturated rings. The Kier molecular flexibility index (Phi) is 6.25. The molecule has 0 bridgehead atoms. The van der Waals surface area contributed by atoms with Gasteiger partial charge in [-0.05, 0) is 45.4 Å². The number of nitrogens with zero attached hydrogens (tertiary/aromatic N) is 4. The Morgan fingerprint density at radius 1 is 1.09 bits per heavy atom. The van der Waals surface area contributed by atoms with Crippen LogP contribution < -0.4 is 10.6 Å². The molecule has 0 amide bonds. The maximum Gasteiger partial charge on any atom is 0.285 e. The minimum Gasteiger partial charge on any atom is -0.367 e. The Hall–Kier alpha value is -2.65. The maximum atomic E-state index is 14.6. The van der Waals surface area contributed by atoms with Crippen molar-refractivity contribution >= 4 is 16.9 Å². The summed E-state index contributed by atoms with van der Waals surface area (Å²) in [5.74, 6) is -2.16. The van der Waals surface area contributed by atoms with Gasteiger partial charge in [0.05, 0.1) is 11.9 Å². The summed E-state index contributed by atoms with van der Waals surface area (Å²) < 4.78 is 36.9. The predicted octanol–water partition coefficient (Wildman–Crippen LogP) is 4.55. The number of aryl methyl sites for hydroxylation is 1. The summed E-state index contributed by atoms with van der Waals surface area (Å²) in [6.45, 7) is 2.28. The van der Waals surface area contributed by atoms with Crippen molar-refractivity contribution in [3.8, 4) is 0 Å². The fourth-order valence-electron chi connectivity index (χ4n) is 4.71. The van der Waals surface area contributed by atoms with Crippen LogP contribution in [0.15, 0.2) is 36.8 Å². The van der Waals surface area contributed by atoms with Crippen LogP contribution in [-0.4, -0.2) is 45.0 Å². The normalized spacial score (nSPS) is 23.8. The Bertz CT molecular complexity index is 1080. The minimum absolute atomic E-state index is 0.0366. The van der Waals surface area contributed by atoms with E-state index >= 15 is 0 Å². The minimum atomic E-state index is -2.90. The van der Waals surface area contributed by atoms with Gasteiger partial charge in [-0.1, -0.05) is 29.8 Å². The van der Waals surface area contributed by atoms with Crippen molar-refractivity contribution in [1.82, 2.24) is 25.1 Å². The molecule has 176 valence electrons. The molecule has 2 aromatic heterocycles. The maximum absolute atomic E-state index is 14.6. The molecule has 3 heterocycles. The molecular formula is C24H30F2N6O. The van der Waals surface area contributed by atoms with Crippen LogP contribution in [0.4, 0.5) is 14.6 Å². The lowest BCUT2D eigenvalue weighted by molar-refractivity contribution is -0.0391. The zero-order valence-corrected chi connectivity index (χ0v) is 18.8. The van der Waals surface area contributed by atoms with Gasteiger partial charge in [-0.25, -0.2) is 14.6 Å². The Morgan fingerprint density at radius 2 is 1.91 bits per heavy atom. The van der Waals surface area contributed by atoms with Gasteiger partial charge in [0.15, 0.2) is 5.65 Å². The predicted molar refractivity (Wildman–Crippen MR) is 122 cm³/mol. The SMILES string of the molecule is Cc1ccc(C(F)(F)CN[C@H]2CC[C@H](Nc3ncnc4nn(C5CCCCO5)cc34)C2)cc1. The Balaban J connectivity index is 1.20. The van der Waals surface area contributed by atoms with Gasteiger partial charge in [0.1, 0.15) is 18.4 Å². The van der Waals surface area contributed by atoms with E-state index in [0.717, 1.165) is 61.9 Å². The molecule has 33 heavy (non-hydrogen) atoms. The third-order valence-corrected chi connectivity index (χ3v) is 6.65. The quantitative estimate of drug-likeness (QED) is 0.543. The van der Waals surface area contributed by atoms with Gasteiger partial charge in [0, 0.05) is 30.5 Å². The van der Waals surface area contributed by atoms with Gasteiger partial charge in [-0.2, -0.15) is 8.78 Å². The van der Waals surface area contributed by atoms with Crippen molar-refractivity contribution < 1.29 is 13.5 Å². The third-order valence-electron chi connectivity index (χ3n) is 6.65. The summed E-state index contributed by atoms with van der Waals surface area (Å²) >= 11 is 0. The van der Waals surface area contributed by atoms with E-state index < -0.39 is 5.92 Å². The Morgan fingerprint density at radius 3 is 2.70 bits per heavy atom. The lowest BCUT2D eigenvalue weighted by atomic mass is 10.1. The van der Waals surface area contributed by atoms with Crippen LogP contribution in [0.5, 0.6) is 0 Å². The molecule has 1 saturated heterocycles. The van der Waals surface area contributed by atoms with Gasteiger partial charge < -0.3 is 15.4 Å². The number of rotatable bonds is 7. The van der Waals surface area contributed by atoms with Crippen LogP contribution in [0.3, 0.4) is 0 Å². The van der Waals surface area contributed by atoms with Crippen LogP contribution in [0.1, 0.15) is 55.9 Å². The monoisotopic (exact) mass is 456 g/mol. The van der Waals surface area contributed by atoms with E-state index in [1.165, 1.54) is 18.5 Å². The standard InChI is InChI=1S/C24H30F2N6O/c1-16-5-7-17(8-6-16)24(25,26)14-27-18-9-10-19(12-18)30-22-20-13-32(21-4-2-3-11-33-21)31-23(20)29-15-28-22/h5-8,13,15,18-19,21,27H,2-4,9-12,14H2,1H3,(H,28,29,30,31)/t18-,19-,21?/m0/s1. The van der Waals surface area contributed by atoms with Gasteiger partial charge in [-0.15, -0.1) is 5.10 Å². The number of aromatic nitrogens is 4. The molecule has 9 heteroatoms. The van der Waals surface area contributed by atoms with Crippen LogP contribution in [0, 0.1) is 6.92 Å². The topological polar surface area (TPSA) is 76.9 Å². The molecule has 3 aromatic rings. The number of nitrogens with one attached hydrogen (secondary N) is 2. The first-order valence-corrected chi connectivity index (χ1v) is 11.7. The van der Waals surface area contributed by atoms with E-state index in [-0.39, 0.29) is 30.4 Å². The van der Waals surface area contributed by atoms with Crippen molar-refractivity contribution in [2.75, 3.05) is 18.5 Å². The van der Waals surface area contributed by atoms with Crippen molar-refractivity contribution in [1.29, 1.82) is 0 Å². The molecule has 1 aliphatic carbocycles. The highest BCUT2D eigenvalue weighted by Gasteiger charge is 2.34. The molecule has 0 spiro atoms.